The minimum atomic E-state index is 0.312. The maximum Gasteiger partial charge on any atom is 0.0587 e. The number of aromatic nitrogens is 1. The van der Waals surface area contributed by atoms with E-state index in [1.807, 2.05) is 12.4 Å². The molecule has 0 aromatic carbocycles. The van der Waals surface area contributed by atoms with E-state index in [9.17, 15) is 0 Å². The van der Waals surface area contributed by atoms with Crippen molar-refractivity contribution in [3.05, 3.63) is 28.5 Å². The molecule has 1 atom stereocenters. The van der Waals surface area contributed by atoms with E-state index in [1.54, 1.807) is 7.11 Å². The monoisotopic (exact) mass is 356 g/mol. The van der Waals surface area contributed by atoms with E-state index in [0.29, 0.717) is 5.41 Å². The van der Waals surface area contributed by atoms with Crippen molar-refractivity contribution < 1.29 is 4.74 Å². The van der Waals surface area contributed by atoms with Gasteiger partial charge in [-0.1, -0.05) is 26.7 Å². The zero-order chi connectivity index (χ0) is 15.6. The van der Waals surface area contributed by atoms with Crippen LogP contribution in [0.3, 0.4) is 0 Å². The molecule has 1 rings (SSSR count). The lowest BCUT2D eigenvalue weighted by molar-refractivity contribution is 0.182. The Hall–Kier alpha value is -0.450. The van der Waals surface area contributed by atoms with E-state index in [0.717, 1.165) is 30.6 Å². The molecule has 0 aliphatic rings. The fourth-order valence-electron chi connectivity index (χ4n) is 2.73. The van der Waals surface area contributed by atoms with Crippen molar-refractivity contribution in [3.63, 3.8) is 0 Å². The van der Waals surface area contributed by atoms with Crippen LogP contribution in [0.25, 0.3) is 0 Å². The molecular formula is C17H29BrN2O. The summed E-state index contributed by atoms with van der Waals surface area (Å²) in [7, 11) is 1.75. The standard InChI is InChI=1S/C17H29BrN2O/c1-4-6-7-17(5-2,14-19-8-9-21-3)11-15-10-16(18)13-20-12-15/h10,12-13,19H,4-9,11,14H2,1-3H3. The number of rotatable bonds is 11. The fraction of sp³-hybridized carbons (Fsp3) is 0.706. The quantitative estimate of drug-likeness (QED) is 0.603. The molecule has 0 spiro atoms. The SMILES string of the molecule is CCCCC(CC)(CNCCOC)Cc1cncc(Br)c1. The lowest BCUT2D eigenvalue weighted by Crippen LogP contribution is -2.37. The third-order valence-corrected chi connectivity index (χ3v) is 4.57. The van der Waals surface area contributed by atoms with Crippen LogP contribution in [0.15, 0.2) is 22.9 Å². The molecule has 0 bridgehead atoms. The van der Waals surface area contributed by atoms with Crippen LogP contribution in [0.4, 0.5) is 0 Å². The molecule has 0 amide bonds. The zero-order valence-electron chi connectivity index (χ0n) is 13.6. The van der Waals surface area contributed by atoms with E-state index >= 15 is 0 Å². The van der Waals surface area contributed by atoms with Gasteiger partial charge in [-0.25, -0.2) is 0 Å². The highest BCUT2D eigenvalue weighted by Crippen LogP contribution is 2.33. The van der Waals surface area contributed by atoms with Gasteiger partial charge in [0.25, 0.3) is 0 Å². The summed E-state index contributed by atoms with van der Waals surface area (Å²) in [4.78, 5) is 4.31. The topological polar surface area (TPSA) is 34.1 Å². The number of unbranched alkanes of at least 4 members (excludes halogenated alkanes) is 1. The van der Waals surface area contributed by atoms with Crippen LogP contribution in [0.1, 0.15) is 45.1 Å². The maximum absolute atomic E-state index is 5.13. The second-order valence-electron chi connectivity index (χ2n) is 5.81. The number of ether oxygens (including phenoxy) is 1. The summed E-state index contributed by atoms with van der Waals surface area (Å²) in [5.41, 5.74) is 1.63. The lowest BCUT2D eigenvalue weighted by atomic mass is 9.75. The molecule has 21 heavy (non-hydrogen) atoms. The summed E-state index contributed by atoms with van der Waals surface area (Å²) < 4.78 is 6.19. The number of nitrogens with one attached hydrogen (secondary N) is 1. The molecule has 0 radical (unpaired) electrons. The molecule has 1 N–H and O–H groups in total. The lowest BCUT2D eigenvalue weighted by Gasteiger charge is -2.33. The average Bonchev–Trinajstić information content (AvgIpc) is 2.49. The van der Waals surface area contributed by atoms with E-state index in [1.165, 1.54) is 31.2 Å². The van der Waals surface area contributed by atoms with Gasteiger partial charge in [-0.3, -0.25) is 4.98 Å². The molecule has 0 aliphatic carbocycles. The van der Waals surface area contributed by atoms with Crippen molar-refractivity contribution in [1.82, 2.24) is 10.3 Å². The van der Waals surface area contributed by atoms with E-state index in [4.69, 9.17) is 4.74 Å². The third-order valence-electron chi connectivity index (χ3n) is 4.13. The van der Waals surface area contributed by atoms with Gasteiger partial charge in [-0.15, -0.1) is 0 Å². The Kier molecular flexibility index (Phi) is 9.13. The number of nitrogens with zero attached hydrogens (tertiary/aromatic N) is 1. The molecule has 0 saturated carbocycles. The number of halogens is 1. The molecule has 0 saturated heterocycles. The number of hydrogen-bond donors (Lipinski definition) is 1. The second kappa shape index (κ2) is 10.3. The second-order valence-corrected chi connectivity index (χ2v) is 6.73. The summed E-state index contributed by atoms with van der Waals surface area (Å²) in [6.07, 6.45) is 9.88. The minimum absolute atomic E-state index is 0.312. The predicted octanol–water partition coefficient (Wildman–Crippen LogP) is 4.21. The Morgan fingerprint density at radius 3 is 2.76 bits per heavy atom. The first-order valence-corrected chi connectivity index (χ1v) is 8.74. The molecule has 1 heterocycles. The molecule has 1 aromatic rings. The Morgan fingerprint density at radius 1 is 1.33 bits per heavy atom. The predicted molar refractivity (Wildman–Crippen MR) is 92.6 cm³/mol. The summed E-state index contributed by atoms with van der Waals surface area (Å²) in [5.74, 6) is 0. The van der Waals surface area contributed by atoms with Gasteiger partial charge in [-0.05, 0) is 52.2 Å². The highest BCUT2D eigenvalue weighted by molar-refractivity contribution is 9.10. The van der Waals surface area contributed by atoms with Crippen LogP contribution in [-0.2, 0) is 11.2 Å². The molecule has 1 aromatic heterocycles. The molecule has 3 nitrogen and oxygen atoms in total. The Balaban J connectivity index is 2.73. The van der Waals surface area contributed by atoms with Crippen LogP contribution in [0.5, 0.6) is 0 Å². The van der Waals surface area contributed by atoms with Gasteiger partial charge in [0.2, 0.25) is 0 Å². The molecular weight excluding hydrogens is 328 g/mol. The van der Waals surface area contributed by atoms with Gasteiger partial charge < -0.3 is 10.1 Å². The first-order chi connectivity index (χ1) is 10.2. The summed E-state index contributed by atoms with van der Waals surface area (Å²) in [6.45, 7) is 7.30. The van der Waals surface area contributed by atoms with E-state index in [2.05, 4.69) is 46.1 Å². The van der Waals surface area contributed by atoms with Crippen LogP contribution in [0.2, 0.25) is 0 Å². The molecule has 4 heteroatoms. The highest BCUT2D eigenvalue weighted by atomic mass is 79.9. The molecule has 0 aliphatic heterocycles. The van der Waals surface area contributed by atoms with Crippen molar-refractivity contribution >= 4 is 15.9 Å². The maximum atomic E-state index is 5.13. The van der Waals surface area contributed by atoms with Crippen LogP contribution < -0.4 is 5.32 Å². The average molecular weight is 357 g/mol. The van der Waals surface area contributed by atoms with Gasteiger partial charge in [0.15, 0.2) is 0 Å². The normalized spacial score (nSPS) is 14.1. The van der Waals surface area contributed by atoms with Crippen molar-refractivity contribution in [2.24, 2.45) is 5.41 Å². The Morgan fingerprint density at radius 2 is 2.14 bits per heavy atom. The van der Waals surface area contributed by atoms with Crippen molar-refractivity contribution in [3.8, 4) is 0 Å². The number of hydrogen-bond acceptors (Lipinski definition) is 3. The molecule has 1 unspecified atom stereocenters. The first kappa shape index (κ1) is 18.6. The first-order valence-electron chi connectivity index (χ1n) is 7.95. The van der Waals surface area contributed by atoms with Gasteiger partial charge in [0.1, 0.15) is 0 Å². The number of methoxy groups -OCH3 is 1. The smallest absolute Gasteiger partial charge is 0.0587 e. The Bertz CT molecular complexity index is 400. The summed E-state index contributed by atoms with van der Waals surface area (Å²) in [5, 5.41) is 3.56. The Labute approximate surface area is 138 Å². The van der Waals surface area contributed by atoms with Crippen LogP contribution in [0, 0.1) is 5.41 Å². The third kappa shape index (κ3) is 6.90. The van der Waals surface area contributed by atoms with Crippen molar-refractivity contribution in [1.29, 1.82) is 0 Å². The molecule has 120 valence electrons. The van der Waals surface area contributed by atoms with Gasteiger partial charge in [0.05, 0.1) is 6.61 Å². The van der Waals surface area contributed by atoms with E-state index < -0.39 is 0 Å². The van der Waals surface area contributed by atoms with E-state index in [-0.39, 0.29) is 0 Å². The minimum Gasteiger partial charge on any atom is -0.383 e. The molecule has 0 fully saturated rings. The summed E-state index contributed by atoms with van der Waals surface area (Å²) >= 11 is 3.52. The van der Waals surface area contributed by atoms with Gasteiger partial charge >= 0.3 is 0 Å². The summed E-state index contributed by atoms with van der Waals surface area (Å²) in [6, 6.07) is 2.19. The highest BCUT2D eigenvalue weighted by Gasteiger charge is 2.27. The van der Waals surface area contributed by atoms with Gasteiger partial charge in [0, 0.05) is 37.1 Å². The van der Waals surface area contributed by atoms with Gasteiger partial charge in [-0.2, -0.15) is 0 Å². The van der Waals surface area contributed by atoms with Crippen molar-refractivity contribution in [2.75, 3.05) is 26.8 Å². The van der Waals surface area contributed by atoms with Crippen molar-refractivity contribution in [2.45, 2.75) is 46.0 Å². The number of pyridine rings is 1. The van der Waals surface area contributed by atoms with Crippen LogP contribution >= 0.6 is 15.9 Å². The van der Waals surface area contributed by atoms with Crippen LogP contribution in [-0.4, -0.2) is 31.8 Å². The fourth-order valence-corrected chi connectivity index (χ4v) is 3.14. The largest absolute Gasteiger partial charge is 0.383 e. The zero-order valence-corrected chi connectivity index (χ0v) is 15.2.